The van der Waals surface area contributed by atoms with Crippen molar-refractivity contribution < 1.29 is 13.6 Å². The molecule has 3 heterocycles. The number of halogens is 2. The minimum atomic E-state index is -2.65. The number of fused-ring (bicyclic) bond motifs is 1. The van der Waals surface area contributed by atoms with Crippen LogP contribution in [-0.2, 0) is 11.2 Å². The van der Waals surface area contributed by atoms with Gasteiger partial charge in [-0.1, -0.05) is 30.3 Å². The van der Waals surface area contributed by atoms with Crippen LogP contribution in [0.2, 0.25) is 0 Å². The largest absolute Gasteiger partial charge is 0.343 e. The van der Waals surface area contributed by atoms with Crippen molar-refractivity contribution in [1.29, 1.82) is 0 Å². The summed E-state index contributed by atoms with van der Waals surface area (Å²) in [4.78, 5) is 22.7. The first kappa shape index (κ1) is 18.5. The van der Waals surface area contributed by atoms with Crippen molar-refractivity contribution in [3.8, 4) is 0 Å². The fourth-order valence-electron chi connectivity index (χ4n) is 3.70. The topological polar surface area (TPSA) is 63.4 Å². The zero-order chi connectivity index (χ0) is 19.5. The van der Waals surface area contributed by atoms with E-state index in [1.54, 1.807) is 0 Å². The summed E-state index contributed by atoms with van der Waals surface area (Å²) in [5.74, 6) is 0.364. The highest BCUT2D eigenvalue weighted by Gasteiger charge is 2.26. The lowest BCUT2D eigenvalue weighted by Gasteiger charge is -2.32. The quantitative estimate of drug-likeness (QED) is 0.675. The molecule has 0 radical (unpaired) electrons. The zero-order valence-electron chi connectivity index (χ0n) is 15.3. The van der Waals surface area contributed by atoms with Crippen molar-refractivity contribution in [1.82, 2.24) is 24.5 Å². The van der Waals surface area contributed by atoms with E-state index in [4.69, 9.17) is 0 Å². The number of piperidine rings is 1. The molecule has 0 saturated carbocycles. The van der Waals surface area contributed by atoms with Crippen LogP contribution in [0.4, 0.5) is 8.78 Å². The maximum atomic E-state index is 13.3. The zero-order valence-corrected chi connectivity index (χ0v) is 15.3. The van der Waals surface area contributed by atoms with E-state index in [1.165, 1.54) is 12.4 Å². The fraction of sp³-hybridized carbons (Fsp3) is 0.400. The van der Waals surface area contributed by atoms with Gasteiger partial charge in [-0.2, -0.15) is 14.6 Å². The molecule has 28 heavy (non-hydrogen) atoms. The van der Waals surface area contributed by atoms with Gasteiger partial charge in [0.15, 0.2) is 0 Å². The third kappa shape index (κ3) is 3.85. The van der Waals surface area contributed by atoms with Crippen LogP contribution in [0.25, 0.3) is 5.78 Å². The Balaban J connectivity index is 1.39. The van der Waals surface area contributed by atoms with E-state index in [9.17, 15) is 13.6 Å². The van der Waals surface area contributed by atoms with Gasteiger partial charge in [-0.05, 0) is 30.9 Å². The molecule has 3 aromatic rings. The maximum absolute atomic E-state index is 13.3. The Kier molecular flexibility index (Phi) is 5.27. The van der Waals surface area contributed by atoms with Crippen molar-refractivity contribution in [3.05, 3.63) is 59.7 Å². The second-order valence-electron chi connectivity index (χ2n) is 7.02. The van der Waals surface area contributed by atoms with E-state index in [0.29, 0.717) is 38.0 Å². The molecule has 4 rings (SSSR count). The van der Waals surface area contributed by atoms with E-state index >= 15 is 0 Å². The van der Waals surface area contributed by atoms with Gasteiger partial charge in [0, 0.05) is 31.1 Å². The molecule has 1 fully saturated rings. The Morgan fingerprint density at radius 2 is 1.93 bits per heavy atom. The molecule has 0 bridgehead atoms. The first-order valence-corrected chi connectivity index (χ1v) is 9.42. The molecule has 2 aromatic heterocycles. The summed E-state index contributed by atoms with van der Waals surface area (Å²) in [7, 11) is 0. The normalized spacial score (nSPS) is 15.5. The van der Waals surface area contributed by atoms with Crippen molar-refractivity contribution in [2.24, 2.45) is 0 Å². The van der Waals surface area contributed by atoms with E-state index in [-0.39, 0.29) is 23.3 Å². The standard InChI is InChI=1S/C20H21F2N5O/c21-19(22)17-12-16(25-20-23-13-24-27(17)20)15-8-10-26(11-9-15)18(28)7-6-14-4-2-1-3-5-14/h1-5,12-13,15,19H,6-11H2. The van der Waals surface area contributed by atoms with Crippen LogP contribution in [0, 0.1) is 0 Å². The summed E-state index contributed by atoms with van der Waals surface area (Å²) in [5, 5.41) is 3.82. The van der Waals surface area contributed by atoms with Crippen LogP contribution in [0.1, 0.15) is 48.6 Å². The lowest BCUT2D eigenvalue weighted by Crippen LogP contribution is -2.38. The monoisotopic (exact) mass is 385 g/mol. The lowest BCUT2D eigenvalue weighted by molar-refractivity contribution is -0.132. The van der Waals surface area contributed by atoms with Crippen LogP contribution in [0.15, 0.2) is 42.7 Å². The molecule has 0 aliphatic carbocycles. The highest BCUT2D eigenvalue weighted by Crippen LogP contribution is 2.30. The second kappa shape index (κ2) is 8.00. The van der Waals surface area contributed by atoms with Gasteiger partial charge in [0.2, 0.25) is 5.91 Å². The number of amides is 1. The number of alkyl halides is 2. The maximum Gasteiger partial charge on any atom is 0.280 e. The summed E-state index contributed by atoms with van der Waals surface area (Å²) < 4.78 is 27.8. The molecule has 0 unspecified atom stereocenters. The number of rotatable bonds is 5. The minimum Gasteiger partial charge on any atom is -0.343 e. The van der Waals surface area contributed by atoms with Crippen LogP contribution in [0.3, 0.4) is 0 Å². The molecule has 146 valence electrons. The first-order valence-electron chi connectivity index (χ1n) is 9.42. The van der Waals surface area contributed by atoms with Crippen LogP contribution >= 0.6 is 0 Å². The number of carbonyl (C=O) groups excluding carboxylic acids is 1. The third-order valence-corrected chi connectivity index (χ3v) is 5.26. The predicted molar refractivity (Wildman–Crippen MR) is 99.1 cm³/mol. The van der Waals surface area contributed by atoms with Gasteiger partial charge < -0.3 is 4.90 Å². The van der Waals surface area contributed by atoms with E-state index in [1.807, 2.05) is 35.2 Å². The summed E-state index contributed by atoms with van der Waals surface area (Å²) in [5.41, 5.74) is 1.56. The summed E-state index contributed by atoms with van der Waals surface area (Å²) in [6.07, 6.45) is 1.20. The number of aromatic nitrogens is 4. The van der Waals surface area contributed by atoms with Crippen molar-refractivity contribution in [3.63, 3.8) is 0 Å². The van der Waals surface area contributed by atoms with Crippen molar-refractivity contribution >= 4 is 11.7 Å². The SMILES string of the molecule is O=C(CCc1ccccc1)N1CCC(c2cc(C(F)F)n3ncnc3n2)CC1. The average Bonchev–Trinajstić information content (AvgIpc) is 3.20. The molecular weight excluding hydrogens is 364 g/mol. The first-order chi connectivity index (χ1) is 13.6. The third-order valence-electron chi connectivity index (χ3n) is 5.26. The Morgan fingerprint density at radius 1 is 1.18 bits per heavy atom. The van der Waals surface area contributed by atoms with Gasteiger partial charge in [0.25, 0.3) is 12.2 Å². The number of benzene rings is 1. The van der Waals surface area contributed by atoms with E-state index in [2.05, 4.69) is 15.1 Å². The number of aryl methyl sites for hydroxylation is 1. The fourth-order valence-corrected chi connectivity index (χ4v) is 3.70. The van der Waals surface area contributed by atoms with Gasteiger partial charge in [-0.3, -0.25) is 4.79 Å². The molecule has 1 aliphatic heterocycles. The number of likely N-dealkylation sites (tertiary alicyclic amines) is 1. The summed E-state index contributed by atoms with van der Waals surface area (Å²) in [6, 6.07) is 11.4. The van der Waals surface area contributed by atoms with Gasteiger partial charge in [0.1, 0.15) is 12.0 Å². The Hall–Kier alpha value is -2.90. The molecule has 8 heteroatoms. The minimum absolute atomic E-state index is 0.0392. The van der Waals surface area contributed by atoms with Crippen LogP contribution in [0.5, 0.6) is 0 Å². The van der Waals surface area contributed by atoms with E-state index < -0.39 is 6.43 Å². The number of nitrogens with zero attached hydrogens (tertiary/aromatic N) is 5. The lowest BCUT2D eigenvalue weighted by atomic mass is 9.92. The molecule has 1 aliphatic rings. The number of hydrogen-bond acceptors (Lipinski definition) is 4. The molecule has 1 aromatic carbocycles. The second-order valence-corrected chi connectivity index (χ2v) is 7.02. The summed E-state index contributed by atoms with van der Waals surface area (Å²) in [6.45, 7) is 1.23. The molecule has 0 atom stereocenters. The smallest absolute Gasteiger partial charge is 0.280 e. The van der Waals surface area contributed by atoms with Crippen molar-refractivity contribution in [2.45, 2.75) is 38.0 Å². The molecule has 1 amide bonds. The van der Waals surface area contributed by atoms with Crippen molar-refractivity contribution in [2.75, 3.05) is 13.1 Å². The Bertz CT molecular complexity index is 952. The van der Waals surface area contributed by atoms with Gasteiger partial charge in [0.05, 0.1) is 0 Å². The van der Waals surface area contributed by atoms with Crippen LogP contribution in [-0.4, -0.2) is 43.5 Å². The molecule has 0 spiro atoms. The summed E-state index contributed by atoms with van der Waals surface area (Å²) >= 11 is 0. The molecule has 6 nitrogen and oxygen atoms in total. The van der Waals surface area contributed by atoms with Gasteiger partial charge in [-0.15, -0.1) is 0 Å². The molecule has 0 N–H and O–H groups in total. The Morgan fingerprint density at radius 3 is 2.64 bits per heavy atom. The highest BCUT2D eigenvalue weighted by molar-refractivity contribution is 5.76. The predicted octanol–water partition coefficient (Wildman–Crippen LogP) is 3.40. The van der Waals surface area contributed by atoms with Gasteiger partial charge in [-0.25, -0.2) is 13.8 Å². The Labute approximate surface area is 161 Å². The molecule has 1 saturated heterocycles. The molecular formula is C20H21F2N5O. The highest BCUT2D eigenvalue weighted by atomic mass is 19.3. The van der Waals surface area contributed by atoms with Gasteiger partial charge >= 0.3 is 0 Å². The average molecular weight is 385 g/mol. The van der Waals surface area contributed by atoms with Crippen LogP contribution < -0.4 is 0 Å². The number of hydrogen-bond donors (Lipinski definition) is 0. The van der Waals surface area contributed by atoms with E-state index in [0.717, 1.165) is 16.5 Å². The number of carbonyl (C=O) groups is 1.